The zero-order chi connectivity index (χ0) is 13.5. The van der Waals surface area contributed by atoms with Gasteiger partial charge in [0.15, 0.2) is 0 Å². The molecule has 0 unspecified atom stereocenters. The molecule has 0 bridgehead atoms. The van der Waals surface area contributed by atoms with Crippen LogP contribution in [0.3, 0.4) is 0 Å². The van der Waals surface area contributed by atoms with Gasteiger partial charge in [0, 0.05) is 14.1 Å². The van der Waals surface area contributed by atoms with Crippen molar-refractivity contribution in [1.29, 1.82) is 0 Å². The molecule has 18 heavy (non-hydrogen) atoms. The molecule has 0 fully saturated rings. The minimum Gasteiger partial charge on any atom is -0.443 e. The Balaban J connectivity index is 2.61. The van der Waals surface area contributed by atoms with E-state index in [2.05, 4.69) is 20.6 Å². The summed E-state index contributed by atoms with van der Waals surface area (Å²) >= 11 is 0. The summed E-state index contributed by atoms with van der Waals surface area (Å²) < 4.78 is 9.76. The molecule has 1 aromatic rings. The Kier molecular flexibility index (Phi) is 4.97. The Bertz CT molecular complexity index is 392. The summed E-state index contributed by atoms with van der Waals surface area (Å²) in [4.78, 5) is 29.0. The quantitative estimate of drug-likeness (QED) is 0.724. The van der Waals surface area contributed by atoms with E-state index in [1.165, 1.54) is 14.1 Å². The van der Waals surface area contributed by atoms with E-state index in [4.69, 9.17) is 9.47 Å². The van der Waals surface area contributed by atoms with Gasteiger partial charge >= 0.3 is 12.2 Å². The standard InChI is InChI=1S/C10H16N4O4/c1-6-13-7(4-17-9(15)11-2)8(14-6)5-18-10(16)12-3/h4-5H2,1-3H3,(H,11,15)(H,12,16)(H,13,14). The largest absolute Gasteiger partial charge is 0.443 e. The van der Waals surface area contributed by atoms with E-state index >= 15 is 0 Å². The maximum absolute atomic E-state index is 11.0. The van der Waals surface area contributed by atoms with Crippen molar-refractivity contribution in [3.63, 3.8) is 0 Å². The van der Waals surface area contributed by atoms with Gasteiger partial charge in [-0.3, -0.25) is 0 Å². The number of aromatic nitrogens is 2. The SMILES string of the molecule is CNC(=O)OCc1nc(C)[nH]c1COC(=O)NC. The number of carbonyl (C=O) groups is 2. The number of H-pyrrole nitrogens is 1. The van der Waals surface area contributed by atoms with Gasteiger partial charge < -0.3 is 25.1 Å². The Hall–Kier alpha value is -2.25. The maximum atomic E-state index is 11.0. The molecule has 0 atom stereocenters. The van der Waals surface area contributed by atoms with Crippen molar-refractivity contribution in [3.8, 4) is 0 Å². The molecule has 8 heteroatoms. The third-order valence-corrected chi connectivity index (χ3v) is 2.08. The van der Waals surface area contributed by atoms with E-state index in [1.807, 2.05) is 0 Å². The zero-order valence-corrected chi connectivity index (χ0v) is 10.5. The van der Waals surface area contributed by atoms with Gasteiger partial charge in [-0.2, -0.15) is 0 Å². The van der Waals surface area contributed by atoms with Crippen LogP contribution in [0, 0.1) is 6.92 Å². The molecule has 1 aromatic heterocycles. The van der Waals surface area contributed by atoms with Gasteiger partial charge in [-0.05, 0) is 6.92 Å². The number of nitrogens with one attached hydrogen (secondary N) is 3. The van der Waals surface area contributed by atoms with Crippen LogP contribution in [0.15, 0.2) is 0 Å². The number of hydrogen-bond acceptors (Lipinski definition) is 5. The molecule has 0 aliphatic heterocycles. The Morgan fingerprint density at radius 1 is 1.17 bits per heavy atom. The topological polar surface area (TPSA) is 105 Å². The smallest absolute Gasteiger partial charge is 0.407 e. The molecule has 0 aliphatic carbocycles. The Morgan fingerprint density at radius 3 is 2.28 bits per heavy atom. The van der Waals surface area contributed by atoms with E-state index in [9.17, 15) is 9.59 Å². The van der Waals surface area contributed by atoms with Crippen LogP contribution in [0.25, 0.3) is 0 Å². The molecular formula is C10H16N4O4. The monoisotopic (exact) mass is 256 g/mol. The molecule has 1 rings (SSSR count). The third-order valence-electron chi connectivity index (χ3n) is 2.08. The van der Waals surface area contributed by atoms with Crippen LogP contribution in [-0.4, -0.2) is 36.2 Å². The van der Waals surface area contributed by atoms with E-state index < -0.39 is 12.2 Å². The van der Waals surface area contributed by atoms with Crippen molar-refractivity contribution in [3.05, 3.63) is 17.2 Å². The van der Waals surface area contributed by atoms with Gasteiger partial charge in [0.1, 0.15) is 24.7 Å². The highest BCUT2D eigenvalue weighted by atomic mass is 16.6. The van der Waals surface area contributed by atoms with Crippen LogP contribution >= 0.6 is 0 Å². The van der Waals surface area contributed by atoms with E-state index in [0.717, 1.165) is 0 Å². The predicted octanol–water partition coefficient (Wildman–Crippen LogP) is 0.430. The van der Waals surface area contributed by atoms with Crippen molar-refractivity contribution in [2.24, 2.45) is 0 Å². The number of aromatic amines is 1. The number of carbonyl (C=O) groups excluding carboxylic acids is 2. The average Bonchev–Trinajstić information content (AvgIpc) is 2.73. The van der Waals surface area contributed by atoms with Crippen molar-refractivity contribution in [2.75, 3.05) is 14.1 Å². The molecule has 8 nitrogen and oxygen atoms in total. The minimum atomic E-state index is -0.547. The van der Waals surface area contributed by atoms with Gasteiger partial charge in [-0.1, -0.05) is 0 Å². The number of ether oxygens (including phenoxy) is 2. The lowest BCUT2D eigenvalue weighted by molar-refractivity contribution is 0.132. The lowest BCUT2D eigenvalue weighted by Crippen LogP contribution is -2.20. The fourth-order valence-electron chi connectivity index (χ4n) is 1.24. The number of nitrogens with zero attached hydrogens (tertiary/aromatic N) is 1. The summed E-state index contributed by atoms with van der Waals surface area (Å²) in [5, 5.41) is 4.66. The number of aryl methyl sites for hydroxylation is 1. The molecule has 0 saturated heterocycles. The van der Waals surface area contributed by atoms with Crippen LogP contribution in [0.5, 0.6) is 0 Å². The van der Waals surface area contributed by atoms with Crippen LogP contribution in [0.4, 0.5) is 9.59 Å². The van der Waals surface area contributed by atoms with Crippen LogP contribution in [-0.2, 0) is 22.7 Å². The van der Waals surface area contributed by atoms with Gasteiger partial charge in [0.05, 0.1) is 5.69 Å². The van der Waals surface area contributed by atoms with Crippen molar-refractivity contribution in [2.45, 2.75) is 20.1 Å². The summed E-state index contributed by atoms with van der Waals surface area (Å²) in [5.74, 6) is 0.654. The first kappa shape index (κ1) is 13.8. The molecule has 2 amide bonds. The van der Waals surface area contributed by atoms with E-state index in [1.54, 1.807) is 6.92 Å². The van der Waals surface area contributed by atoms with E-state index in [-0.39, 0.29) is 13.2 Å². The molecule has 0 aromatic carbocycles. The second-order valence-corrected chi connectivity index (χ2v) is 3.40. The normalized spacial score (nSPS) is 9.72. The molecule has 3 N–H and O–H groups in total. The predicted molar refractivity (Wildman–Crippen MR) is 61.8 cm³/mol. The molecular weight excluding hydrogens is 240 g/mol. The number of hydrogen-bond donors (Lipinski definition) is 3. The highest BCUT2D eigenvalue weighted by molar-refractivity contribution is 5.67. The molecule has 100 valence electrons. The molecule has 1 heterocycles. The summed E-state index contributed by atoms with van der Waals surface area (Å²) in [6, 6.07) is 0. The fraction of sp³-hybridized carbons (Fsp3) is 0.500. The van der Waals surface area contributed by atoms with Gasteiger partial charge in [0.25, 0.3) is 0 Å². The average molecular weight is 256 g/mol. The van der Waals surface area contributed by atoms with Gasteiger partial charge in [0.2, 0.25) is 0 Å². The number of amides is 2. The fourth-order valence-corrected chi connectivity index (χ4v) is 1.24. The highest BCUT2D eigenvalue weighted by Crippen LogP contribution is 2.09. The lowest BCUT2D eigenvalue weighted by Gasteiger charge is -2.05. The zero-order valence-electron chi connectivity index (χ0n) is 10.5. The highest BCUT2D eigenvalue weighted by Gasteiger charge is 2.12. The van der Waals surface area contributed by atoms with Crippen LogP contribution < -0.4 is 10.6 Å². The number of rotatable bonds is 4. The van der Waals surface area contributed by atoms with Gasteiger partial charge in [-0.25, -0.2) is 14.6 Å². The Morgan fingerprint density at radius 2 is 1.72 bits per heavy atom. The molecule has 0 aliphatic rings. The molecule has 0 spiro atoms. The summed E-state index contributed by atoms with van der Waals surface area (Å²) in [5.41, 5.74) is 1.13. The van der Waals surface area contributed by atoms with Crippen LogP contribution in [0.2, 0.25) is 0 Å². The summed E-state index contributed by atoms with van der Waals surface area (Å²) in [6.07, 6.45) is -1.09. The number of imidazole rings is 1. The molecule has 0 saturated carbocycles. The summed E-state index contributed by atoms with van der Waals surface area (Å²) in [7, 11) is 2.93. The van der Waals surface area contributed by atoms with Crippen LogP contribution in [0.1, 0.15) is 17.2 Å². The van der Waals surface area contributed by atoms with E-state index in [0.29, 0.717) is 17.2 Å². The molecule has 0 radical (unpaired) electrons. The summed E-state index contributed by atoms with van der Waals surface area (Å²) in [6.45, 7) is 1.80. The maximum Gasteiger partial charge on any atom is 0.407 e. The Labute approximate surface area is 104 Å². The van der Waals surface area contributed by atoms with Crippen molar-refractivity contribution < 1.29 is 19.1 Å². The van der Waals surface area contributed by atoms with Gasteiger partial charge in [-0.15, -0.1) is 0 Å². The van der Waals surface area contributed by atoms with Crippen molar-refractivity contribution in [1.82, 2.24) is 20.6 Å². The first-order valence-corrected chi connectivity index (χ1v) is 5.30. The lowest BCUT2D eigenvalue weighted by atomic mass is 10.3. The van der Waals surface area contributed by atoms with Crippen molar-refractivity contribution >= 4 is 12.2 Å². The minimum absolute atomic E-state index is 0.0104. The second-order valence-electron chi connectivity index (χ2n) is 3.40. The second kappa shape index (κ2) is 6.48. The first-order valence-electron chi connectivity index (χ1n) is 5.30. The first-order chi connectivity index (χ1) is 8.56. The number of alkyl carbamates (subject to hydrolysis) is 2. The third kappa shape index (κ3) is 3.96.